The third-order valence-electron chi connectivity index (χ3n) is 5.73. The minimum absolute atomic E-state index is 0.287. The summed E-state index contributed by atoms with van der Waals surface area (Å²) in [5.74, 6) is 2.45. The van der Waals surface area contributed by atoms with Crippen LogP contribution in [0.2, 0.25) is 0 Å². The van der Waals surface area contributed by atoms with Crippen molar-refractivity contribution in [2.75, 3.05) is 0 Å². The Balaban J connectivity index is 1.85. The van der Waals surface area contributed by atoms with Crippen LogP contribution in [0.3, 0.4) is 0 Å². The maximum atomic E-state index is 10.9. The second kappa shape index (κ2) is 5.73. The van der Waals surface area contributed by atoms with Gasteiger partial charge in [-0.25, -0.2) is 0 Å². The Morgan fingerprint density at radius 3 is 1.76 bits per heavy atom. The molecule has 2 fully saturated rings. The van der Waals surface area contributed by atoms with Crippen molar-refractivity contribution in [2.24, 2.45) is 17.8 Å². The molecule has 0 spiro atoms. The van der Waals surface area contributed by atoms with Crippen LogP contribution in [0.25, 0.3) is 0 Å². The Kier molecular flexibility index (Phi) is 4.52. The summed E-state index contributed by atoms with van der Waals surface area (Å²) >= 11 is 0. The van der Waals surface area contributed by atoms with E-state index < -0.39 is 0 Å². The summed E-state index contributed by atoms with van der Waals surface area (Å²) in [5.41, 5.74) is -0.287. The van der Waals surface area contributed by atoms with E-state index in [-0.39, 0.29) is 5.60 Å². The molecule has 2 saturated carbocycles. The summed E-state index contributed by atoms with van der Waals surface area (Å²) in [6, 6.07) is 0. The van der Waals surface area contributed by atoms with Crippen LogP contribution >= 0.6 is 0 Å². The van der Waals surface area contributed by atoms with Crippen molar-refractivity contribution >= 4 is 0 Å². The summed E-state index contributed by atoms with van der Waals surface area (Å²) in [7, 11) is 0. The normalized spacial score (nSPS) is 43.6. The van der Waals surface area contributed by atoms with E-state index in [1.807, 2.05) is 0 Å². The Morgan fingerprint density at radius 1 is 0.824 bits per heavy atom. The van der Waals surface area contributed by atoms with Crippen LogP contribution < -0.4 is 0 Å². The van der Waals surface area contributed by atoms with E-state index in [9.17, 15) is 5.11 Å². The summed E-state index contributed by atoms with van der Waals surface area (Å²) in [6.45, 7) is 4.60. The third kappa shape index (κ3) is 3.05. The van der Waals surface area contributed by atoms with E-state index in [1.54, 1.807) is 0 Å². The van der Waals surface area contributed by atoms with E-state index in [0.29, 0.717) is 5.92 Å². The highest BCUT2D eigenvalue weighted by molar-refractivity contribution is 4.93. The second-order valence-corrected chi connectivity index (χ2v) is 6.58. The fraction of sp³-hybridized carbons (Fsp3) is 1.00. The fourth-order valence-corrected chi connectivity index (χ4v) is 4.10. The van der Waals surface area contributed by atoms with Gasteiger partial charge in [-0.3, -0.25) is 0 Å². The van der Waals surface area contributed by atoms with Crippen molar-refractivity contribution in [1.29, 1.82) is 0 Å². The SMILES string of the molecule is CCC1CCC(C2(O)CCC(CC)CC2)CC1. The van der Waals surface area contributed by atoms with Crippen LogP contribution in [0.1, 0.15) is 78.1 Å². The molecule has 0 aromatic heterocycles. The molecule has 0 bridgehead atoms. The molecular formula is C16H30O. The lowest BCUT2D eigenvalue weighted by Gasteiger charge is -2.44. The van der Waals surface area contributed by atoms with E-state index in [1.165, 1.54) is 51.4 Å². The number of hydrogen-bond donors (Lipinski definition) is 1. The smallest absolute Gasteiger partial charge is 0.0676 e. The monoisotopic (exact) mass is 238 g/mol. The van der Waals surface area contributed by atoms with Gasteiger partial charge in [-0.1, -0.05) is 39.5 Å². The molecule has 1 nitrogen and oxygen atoms in total. The quantitative estimate of drug-likeness (QED) is 0.765. The molecule has 2 aliphatic carbocycles. The zero-order chi connectivity index (χ0) is 12.3. The molecular weight excluding hydrogens is 208 g/mol. The highest BCUT2D eigenvalue weighted by Gasteiger charge is 2.40. The van der Waals surface area contributed by atoms with Gasteiger partial charge >= 0.3 is 0 Å². The summed E-state index contributed by atoms with van der Waals surface area (Å²) in [4.78, 5) is 0. The second-order valence-electron chi connectivity index (χ2n) is 6.58. The first-order valence-corrected chi connectivity index (χ1v) is 7.90. The maximum Gasteiger partial charge on any atom is 0.0676 e. The first-order chi connectivity index (χ1) is 8.18. The van der Waals surface area contributed by atoms with Crippen molar-refractivity contribution in [3.05, 3.63) is 0 Å². The van der Waals surface area contributed by atoms with Crippen LogP contribution in [0, 0.1) is 17.8 Å². The molecule has 0 atom stereocenters. The minimum Gasteiger partial charge on any atom is -0.390 e. The van der Waals surface area contributed by atoms with Crippen LogP contribution in [0.4, 0.5) is 0 Å². The molecule has 0 aliphatic heterocycles. The predicted octanol–water partition coefficient (Wildman–Crippen LogP) is 4.53. The zero-order valence-electron chi connectivity index (χ0n) is 11.8. The Bertz CT molecular complexity index is 220. The van der Waals surface area contributed by atoms with Crippen LogP contribution in [0.15, 0.2) is 0 Å². The van der Waals surface area contributed by atoms with Gasteiger partial charge in [0.2, 0.25) is 0 Å². The highest BCUT2D eigenvalue weighted by Crippen LogP contribution is 2.45. The summed E-state index contributed by atoms with van der Waals surface area (Å²) in [5, 5.41) is 10.9. The summed E-state index contributed by atoms with van der Waals surface area (Å²) < 4.78 is 0. The van der Waals surface area contributed by atoms with Crippen LogP contribution in [0.5, 0.6) is 0 Å². The van der Waals surface area contributed by atoms with Gasteiger partial charge in [-0.05, 0) is 56.3 Å². The molecule has 0 unspecified atom stereocenters. The first kappa shape index (κ1) is 13.4. The number of aliphatic hydroxyl groups is 1. The van der Waals surface area contributed by atoms with Gasteiger partial charge in [-0.15, -0.1) is 0 Å². The van der Waals surface area contributed by atoms with Crippen molar-refractivity contribution < 1.29 is 5.11 Å². The molecule has 1 N–H and O–H groups in total. The lowest BCUT2D eigenvalue weighted by Crippen LogP contribution is -2.43. The average molecular weight is 238 g/mol. The molecule has 0 aromatic carbocycles. The van der Waals surface area contributed by atoms with Crippen molar-refractivity contribution in [1.82, 2.24) is 0 Å². The fourth-order valence-electron chi connectivity index (χ4n) is 4.10. The Morgan fingerprint density at radius 2 is 1.29 bits per heavy atom. The van der Waals surface area contributed by atoms with Gasteiger partial charge in [0, 0.05) is 0 Å². The molecule has 100 valence electrons. The lowest BCUT2D eigenvalue weighted by molar-refractivity contribution is -0.0746. The Labute approximate surface area is 107 Å². The molecule has 0 amide bonds. The molecule has 17 heavy (non-hydrogen) atoms. The van der Waals surface area contributed by atoms with E-state index in [2.05, 4.69) is 13.8 Å². The molecule has 0 saturated heterocycles. The van der Waals surface area contributed by atoms with Crippen molar-refractivity contribution in [2.45, 2.75) is 83.7 Å². The van der Waals surface area contributed by atoms with Gasteiger partial charge in [0.25, 0.3) is 0 Å². The van der Waals surface area contributed by atoms with Gasteiger partial charge in [0.15, 0.2) is 0 Å². The van der Waals surface area contributed by atoms with Gasteiger partial charge < -0.3 is 5.11 Å². The van der Waals surface area contributed by atoms with Gasteiger partial charge in [-0.2, -0.15) is 0 Å². The minimum atomic E-state index is -0.287. The van der Waals surface area contributed by atoms with Crippen LogP contribution in [-0.2, 0) is 0 Å². The zero-order valence-corrected chi connectivity index (χ0v) is 11.8. The standard InChI is InChI=1S/C16H30O/c1-3-13-5-7-15(8-6-13)16(17)11-9-14(4-2)10-12-16/h13-15,17H,3-12H2,1-2H3. The van der Waals surface area contributed by atoms with Crippen molar-refractivity contribution in [3.8, 4) is 0 Å². The van der Waals surface area contributed by atoms with E-state index in [0.717, 1.165) is 24.7 Å². The van der Waals surface area contributed by atoms with Gasteiger partial charge in [0.05, 0.1) is 5.60 Å². The lowest BCUT2D eigenvalue weighted by atomic mass is 9.66. The number of hydrogen-bond acceptors (Lipinski definition) is 1. The van der Waals surface area contributed by atoms with E-state index >= 15 is 0 Å². The number of rotatable bonds is 3. The van der Waals surface area contributed by atoms with Crippen molar-refractivity contribution in [3.63, 3.8) is 0 Å². The van der Waals surface area contributed by atoms with Crippen LogP contribution in [-0.4, -0.2) is 10.7 Å². The molecule has 2 aliphatic rings. The van der Waals surface area contributed by atoms with E-state index in [4.69, 9.17) is 0 Å². The maximum absolute atomic E-state index is 10.9. The Hall–Kier alpha value is -0.0400. The predicted molar refractivity (Wildman–Crippen MR) is 72.9 cm³/mol. The topological polar surface area (TPSA) is 20.2 Å². The molecule has 0 aromatic rings. The summed E-state index contributed by atoms with van der Waals surface area (Å²) in [6.07, 6.45) is 12.6. The largest absolute Gasteiger partial charge is 0.390 e. The average Bonchev–Trinajstić information content (AvgIpc) is 2.40. The molecule has 2 rings (SSSR count). The molecule has 0 heterocycles. The third-order valence-corrected chi connectivity index (χ3v) is 5.73. The molecule has 1 heteroatoms. The first-order valence-electron chi connectivity index (χ1n) is 7.90. The van der Waals surface area contributed by atoms with Gasteiger partial charge in [0.1, 0.15) is 0 Å². The molecule has 0 radical (unpaired) electrons. The highest BCUT2D eigenvalue weighted by atomic mass is 16.3.